The van der Waals surface area contributed by atoms with Gasteiger partial charge in [-0.3, -0.25) is 4.79 Å². The van der Waals surface area contributed by atoms with E-state index < -0.39 is 0 Å². The summed E-state index contributed by atoms with van der Waals surface area (Å²) < 4.78 is 0. The first-order valence-corrected chi connectivity index (χ1v) is 6.36. The van der Waals surface area contributed by atoms with Crippen molar-refractivity contribution in [2.75, 3.05) is 0 Å². The lowest BCUT2D eigenvalue weighted by Gasteiger charge is -2.24. The maximum Gasteiger partial charge on any atom is 0.243 e. The van der Waals surface area contributed by atoms with Crippen molar-refractivity contribution in [2.24, 2.45) is 16.8 Å². The standard InChI is InChI=1S/C12H21N3O/c13-10-7-5-9(6-8-10)12(16)15-14-11-3-1-2-4-11/h9-10H,1-8,13H2,(H,15,16). The molecule has 0 aromatic rings. The minimum absolute atomic E-state index is 0.0892. The Labute approximate surface area is 96.7 Å². The Bertz CT molecular complexity index is 272. The molecule has 2 aliphatic rings. The monoisotopic (exact) mass is 223 g/mol. The smallest absolute Gasteiger partial charge is 0.243 e. The first kappa shape index (κ1) is 11.6. The van der Waals surface area contributed by atoms with Crippen molar-refractivity contribution in [3.8, 4) is 0 Å². The number of carbonyl (C=O) groups excluding carboxylic acids is 1. The van der Waals surface area contributed by atoms with E-state index in [0.717, 1.165) is 44.2 Å². The molecule has 4 heteroatoms. The number of hydrazone groups is 1. The van der Waals surface area contributed by atoms with Gasteiger partial charge in [0.25, 0.3) is 0 Å². The number of nitrogens with zero attached hydrogens (tertiary/aromatic N) is 1. The first-order valence-electron chi connectivity index (χ1n) is 6.36. The number of nitrogens with two attached hydrogens (primary N) is 1. The molecule has 90 valence electrons. The first-order chi connectivity index (χ1) is 7.75. The molecule has 0 saturated heterocycles. The minimum Gasteiger partial charge on any atom is -0.328 e. The fourth-order valence-corrected chi connectivity index (χ4v) is 2.50. The lowest BCUT2D eigenvalue weighted by Crippen LogP contribution is -2.34. The van der Waals surface area contributed by atoms with Crippen LogP contribution >= 0.6 is 0 Å². The molecule has 2 fully saturated rings. The lowest BCUT2D eigenvalue weighted by molar-refractivity contribution is -0.125. The van der Waals surface area contributed by atoms with Crippen LogP contribution in [0.1, 0.15) is 51.4 Å². The largest absolute Gasteiger partial charge is 0.328 e. The molecule has 0 aliphatic heterocycles. The second-order valence-electron chi connectivity index (χ2n) is 4.97. The van der Waals surface area contributed by atoms with E-state index in [2.05, 4.69) is 10.5 Å². The van der Waals surface area contributed by atoms with Crippen LogP contribution in [-0.4, -0.2) is 17.7 Å². The molecule has 4 nitrogen and oxygen atoms in total. The Hall–Kier alpha value is -0.900. The van der Waals surface area contributed by atoms with E-state index >= 15 is 0 Å². The molecule has 2 aliphatic carbocycles. The average molecular weight is 223 g/mol. The summed E-state index contributed by atoms with van der Waals surface area (Å²) in [7, 11) is 0. The van der Waals surface area contributed by atoms with E-state index in [4.69, 9.17) is 5.73 Å². The summed E-state index contributed by atoms with van der Waals surface area (Å²) in [5, 5.41) is 4.20. The van der Waals surface area contributed by atoms with Gasteiger partial charge in [0.05, 0.1) is 0 Å². The third kappa shape index (κ3) is 3.04. The number of hydrogen-bond donors (Lipinski definition) is 2. The zero-order valence-corrected chi connectivity index (χ0v) is 9.74. The number of nitrogens with one attached hydrogen (secondary N) is 1. The van der Waals surface area contributed by atoms with Crippen molar-refractivity contribution in [3.63, 3.8) is 0 Å². The maximum absolute atomic E-state index is 11.8. The summed E-state index contributed by atoms with van der Waals surface area (Å²) in [5.74, 6) is 0.219. The highest BCUT2D eigenvalue weighted by molar-refractivity contribution is 5.88. The molecule has 0 aromatic heterocycles. The Morgan fingerprint density at radius 2 is 1.81 bits per heavy atom. The van der Waals surface area contributed by atoms with Crippen LogP contribution < -0.4 is 11.2 Å². The van der Waals surface area contributed by atoms with E-state index in [1.807, 2.05) is 0 Å². The minimum atomic E-state index is 0.0892. The Kier molecular flexibility index (Phi) is 3.93. The van der Waals surface area contributed by atoms with E-state index in [0.29, 0.717) is 6.04 Å². The van der Waals surface area contributed by atoms with Gasteiger partial charge in [-0.1, -0.05) is 0 Å². The van der Waals surface area contributed by atoms with Gasteiger partial charge in [0.1, 0.15) is 0 Å². The summed E-state index contributed by atoms with van der Waals surface area (Å²) in [6.07, 6.45) is 8.30. The summed E-state index contributed by atoms with van der Waals surface area (Å²) in [4.78, 5) is 11.8. The molecule has 0 spiro atoms. The van der Waals surface area contributed by atoms with Crippen LogP contribution in [0.2, 0.25) is 0 Å². The number of hydrogen-bond acceptors (Lipinski definition) is 3. The van der Waals surface area contributed by atoms with Gasteiger partial charge in [0.15, 0.2) is 0 Å². The van der Waals surface area contributed by atoms with Crippen LogP contribution in [0.15, 0.2) is 5.10 Å². The number of carbonyl (C=O) groups is 1. The molecule has 2 rings (SSSR count). The number of amides is 1. The SMILES string of the molecule is NC1CCC(C(=O)NN=C2CCCC2)CC1. The predicted octanol–water partition coefficient (Wildman–Crippen LogP) is 1.55. The van der Waals surface area contributed by atoms with E-state index in [1.54, 1.807) is 0 Å². The quantitative estimate of drug-likeness (QED) is 0.697. The van der Waals surface area contributed by atoms with E-state index in [-0.39, 0.29) is 11.8 Å². The van der Waals surface area contributed by atoms with Crippen LogP contribution in [0.25, 0.3) is 0 Å². The van der Waals surface area contributed by atoms with Crippen molar-refractivity contribution >= 4 is 11.6 Å². The summed E-state index contributed by atoms with van der Waals surface area (Å²) in [6.45, 7) is 0. The fourth-order valence-electron chi connectivity index (χ4n) is 2.50. The highest BCUT2D eigenvalue weighted by Crippen LogP contribution is 2.23. The molecule has 0 radical (unpaired) electrons. The van der Waals surface area contributed by atoms with Gasteiger partial charge in [-0.2, -0.15) is 5.10 Å². The normalized spacial score (nSPS) is 30.2. The van der Waals surface area contributed by atoms with E-state index in [1.165, 1.54) is 12.8 Å². The molecular formula is C12H21N3O. The van der Waals surface area contributed by atoms with Crippen LogP contribution in [0.3, 0.4) is 0 Å². The molecule has 1 amide bonds. The molecule has 0 aromatic carbocycles. The average Bonchev–Trinajstić information content (AvgIpc) is 2.80. The van der Waals surface area contributed by atoms with Gasteiger partial charge in [0, 0.05) is 17.7 Å². The van der Waals surface area contributed by atoms with E-state index in [9.17, 15) is 4.79 Å². The van der Waals surface area contributed by atoms with Crippen molar-refractivity contribution in [3.05, 3.63) is 0 Å². The molecule has 16 heavy (non-hydrogen) atoms. The Morgan fingerprint density at radius 3 is 2.44 bits per heavy atom. The molecule has 3 N–H and O–H groups in total. The van der Waals surface area contributed by atoms with Crippen LogP contribution in [-0.2, 0) is 4.79 Å². The van der Waals surface area contributed by atoms with Gasteiger partial charge in [-0.05, 0) is 51.4 Å². The predicted molar refractivity (Wildman–Crippen MR) is 64.0 cm³/mol. The third-order valence-corrected chi connectivity index (χ3v) is 3.65. The Morgan fingerprint density at radius 1 is 1.19 bits per heavy atom. The lowest BCUT2D eigenvalue weighted by atomic mass is 9.86. The summed E-state index contributed by atoms with van der Waals surface area (Å²) in [5.41, 5.74) is 9.68. The second-order valence-corrected chi connectivity index (χ2v) is 4.97. The van der Waals surface area contributed by atoms with Crippen LogP contribution in [0.4, 0.5) is 0 Å². The molecule has 0 heterocycles. The van der Waals surface area contributed by atoms with Crippen molar-refractivity contribution in [2.45, 2.75) is 57.4 Å². The Balaban J connectivity index is 1.77. The highest BCUT2D eigenvalue weighted by Gasteiger charge is 2.24. The molecule has 0 unspecified atom stereocenters. The van der Waals surface area contributed by atoms with Gasteiger partial charge in [0.2, 0.25) is 5.91 Å². The molecule has 0 atom stereocenters. The van der Waals surface area contributed by atoms with Crippen LogP contribution in [0, 0.1) is 5.92 Å². The molecular weight excluding hydrogens is 202 g/mol. The zero-order chi connectivity index (χ0) is 11.4. The topological polar surface area (TPSA) is 67.5 Å². The maximum atomic E-state index is 11.8. The third-order valence-electron chi connectivity index (χ3n) is 3.65. The zero-order valence-electron chi connectivity index (χ0n) is 9.74. The van der Waals surface area contributed by atoms with Crippen molar-refractivity contribution in [1.82, 2.24) is 5.43 Å². The van der Waals surface area contributed by atoms with Gasteiger partial charge in [-0.15, -0.1) is 0 Å². The van der Waals surface area contributed by atoms with Crippen LogP contribution in [0.5, 0.6) is 0 Å². The number of rotatable bonds is 2. The van der Waals surface area contributed by atoms with Gasteiger partial charge in [-0.25, -0.2) is 5.43 Å². The highest BCUT2D eigenvalue weighted by atomic mass is 16.2. The van der Waals surface area contributed by atoms with Gasteiger partial charge < -0.3 is 5.73 Å². The fraction of sp³-hybridized carbons (Fsp3) is 0.833. The summed E-state index contributed by atoms with van der Waals surface area (Å²) >= 11 is 0. The molecule has 2 saturated carbocycles. The van der Waals surface area contributed by atoms with Crippen molar-refractivity contribution in [1.29, 1.82) is 0 Å². The molecule has 0 bridgehead atoms. The van der Waals surface area contributed by atoms with Gasteiger partial charge >= 0.3 is 0 Å². The van der Waals surface area contributed by atoms with Crippen molar-refractivity contribution < 1.29 is 4.79 Å². The second kappa shape index (κ2) is 5.43. The summed E-state index contributed by atoms with van der Waals surface area (Å²) in [6, 6.07) is 0.296.